The summed E-state index contributed by atoms with van der Waals surface area (Å²) < 4.78 is 155. The molecule has 4 amide bonds. The van der Waals surface area contributed by atoms with Crippen molar-refractivity contribution in [2.75, 3.05) is 13.1 Å². The number of unbranched alkanes of at least 4 members (excludes halogenated alkanes) is 10. The lowest BCUT2D eigenvalue weighted by Crippen LogP contribution is -2.41. The van der Waals surface area contributed by atoms with E-state index in [9.17, 15) is 28.0 Å². The molecule has 0 saturated carbocycles. The summed E-state index contributed by atoms with van der Waals surface area (Å²) in [6.07, 6.45) is 9.08. The van der Waals surface area contributed by atoms with Gasteiger partial charge in [-0.25, -0.2) is 43.9 Å². The van der Waals surface area contributed by atoms with Crippen LogP contribution in [0.3, 0.4) is 0 Å². The quantitative estimate of drug-likeness (QED) is 0.0184. The molecule has 0 spiro atoms. The zero-order valence-corrected chi connectivity index (χ0v) is 36.7. The Labute approximate surface area is 381 Å². The van der Waals surface area contributed by atoms with Crippen molar-refractivity contribution in [1.29, 1.82) is 0 Å². The van der Waals surface area contributed by atoms with Gasteiger partial charge >= 0.3 is 0 Å². The predicted molar refractivity (Wildman–Crippen MR) is 236 cm³/mol. The molecule has 352 valence electrons. The van der Waals surface area contributed by atoms with E-state index in [4.69, 9.17) is 0 Å². The Morgan fingerprint density at radius 1 is 0.324 bits per heavy atom. The number of rotatable bonds is 16. The van der Waals surface area contributed by atoms with Gasteiger partial charge in [0.1, 0.15) is 0 Å². The Bertz CT molecular complexity index is 3060. The van der Waals surface area contributed by atoms with Gasteiger partial charge in [0, 0.05) is 46.1 Å². The first kappa shape index (κ1) is 46.5. The molecule has 7 aromatic carbocycles. The molecule has 2 heterocycles. The number of imide groups is 2. The molecular formula is C52H40F10N2O4. The standard InChI is InChI=1S/C52H40F10N2O4/c1-3-5-7-9-11-13-19-63-49(65)25-17-15-23-32-28(38-41(55)45(59)48(62)46(60)42(38)56)22-30-34-26(50(66)64(52(30)68)20-14-12-10-8-6-4-2)18-16-24(36(32)34)31-27(21-29(51(63)67)33(25)35(23)31)37-39(53)43(57)47(61)44(58)40(37)54/h15-18,21-22H,3-14,19-20H2,1-2H3. The molecule has 2 aliphatic heterocycles. The van der Waals surface area contributed by atoms with Gasteiger partial charge in [0.2, 0.25) is 11.6 Å². The van der Waals surface area contributed by atoms with E-state index >= 15 is 35.1 Å². The fourth-order valence-electron chi connectivity index (χ4n) is 10.2. The van der Waals surface area contributed by atoms with Crippen molar-refractivity contribution in [3.63, 3.8) is 0 Å². The zero-order valence-electron chi connectivity index (χ0n) is 36.7. The molecule has 0 fully saturated rings. The minimum atomic E-state index is -2.49. The van der Waals surface area contributed by atoms with Crippen LogP contribution in [0.5, 0.6) is 0 Å². The van der Waals surface area contributed by atoms with Crippen LogP contribution < -0.4 is 0 Å². The first-order valence-corrected chi connectivity index (χ1v) is 22.6. The first-order valence-electron chi connectivity index (χ1n) is 22.6. The highest BCUT2D eigenvalue weighted by Gasteiger charge is 2.41. The Balaban J connectivity index is 1.42. The van der Waals surface area contributed by atoms with Gasteiger partial charge < -0.3 is 0 Å². The number of hydrogen-bond donors (Lipinski definition) is 0. The molecule has 0 aromatic heterocycles. The summed E-state index contributed by atoms with van der Waals surface area (Å²) in [5.74, 6) is -27.3. The van der Waals surface area contributed by atoms with Gasteiger partial charge in [0.25, 0.3) is 23.6 Å². The second kappa shape index (κ2) is 17.8. The fourth-order valence-corrected chi connectivity index (χ4v) is 10.2. The summed E-state index contributed by atoms with van der Waals surface area (Å²) in [7, 11) is 0. The van der Waals surface area contributed by atoms with Crippen LogP contribution >= 0.6 is 0 Å². The molecule has 6 nitrogen and oxygen atoms in total. The summed E-state index contributed by atoms with van der Waals surface area (Å²) in [6.45, 7) is 3.80. The number of carbonyl (C=O) groups is 4. The Morgan fingerprint density at radius 2 is 0.618 bits per heavy atom. The van der Waals surface area contributed by atoms with Crippen LogP contribution in [0.15, 0.2) is 36.4 Å². The number of amides is 4. The molecule has 0 N–H and O–H groups in total. The summed E-state index contributed by atoms with van der Waals surface area (Å²) in [6, 6.07) is 6.63. The summed E-state index contributed by atoms with van der Waals surface area (Å²) in [5.41, 5.74) is -5.76. The number of halogens is 10. The van der Waals surface area contributed by atoms with Crippen molar-refractivity contribution < 1.29 is 63.1 Å². The summed E-state index contributed by atoms with van der Waals surface area (Å²) in [4.78, 5) is 59.6. The third-order valence-electron chi connectivity index (χ3n) is 13.4. The minimum absolute atomic E-state index is 0.123. The maximum atomic E-state index is 16.2. The van der Waals surface area contributed by atoms with Crippen LogP contribution in [0, 0.1) is 58.2 Å². The monoisotopic (exact) mass is 946 g/mol. The Kier molecular flexibility index (Phi) is 12.2. The van der Waals surface area contributed by atoms with E-state index < -0.39 is 115 Å². The molecule has 0 aliphatic carbocycles. The number of hydrogen-bond acceptors (Lipinski definition) is 4. The number of benzene rings is 7. The highest BCUT2D eigenvalue weighted by atomic mass is 19.2. The van der Waals surface area contributed by atoms with Gasteiger partial charge in [-0.3, -0.25) is 29.0 Å². The highest BCUT2D eigenvalue weighted by Crippen LogP contribution is 2.53. The van der Waals surface area contributed by atoms with E-state index in [1.54, 1.807) is 0 Å². The van der Waals surface area contributed by atoms with Crippen molar-refractivity contribution in [1.82, 2.24) is 9.80 Å². The van der Waals surface area contributed by atoms with E-state index in [0.717, 1.165) is 73.3 Å². The van der Waals surface area contributed by atoms with Crippen molar-refractivity contribution in [3.8, 4) is 22.3 Å². The third-order valence-corrected chi connectivity index (χ3v) is 13.4. The topological polar surface area (TPSA) is 74.8 Å². The molecule has 0 saturated heterocycles. The molecule has 0 atom stereocenters. The lowest BCUT2D eigenvalue weighted by molar-refractivity contribution is 0.0592. The largest absolute Gasteiger partial charge is 0.274 e. The van der Waals surface area contributed by atoms with Gasteiger partial charge in [-0.05, 0) is 80.6 Å². The summed E-state index contributed by atoms with van der Waals surface area (Å²) >= 11 is 0. The molecule has 2 aliphatic rings. The average Bonchev–Trinajstić information content (AvgIpc) is 3.33. The smallest absolute Gasteiger partial charge is 0.261 e. The average molecular weight is 947 g/mol. The molecule has 16 heteroatoms. The molecular weight excluding hydrogens is 907 g/mol. The van der Waals surface area contributed by atoms with E-state index in [1.807, 2.05) is 13.8 Å². The van der Waals surface area contributed by atoms with E-state index in [-0.39, 0.29) is 67.3 Å². The Hall–Kier alpha value is -6.58. The number of carbonyl (C=O) groups excluding carboxylic acids is 4. The van der Waals surface area contributed by atoms with E-state index in [0.29, 0.717) is 25.7 Å². The van der Waals surface area contributed by atoms with Crippen molar-refractivity contribution in [3.05, 3.63) is 117 Å². The van der Waals surface area contributed by atoms with E-state index in [1.165, 1.54) is 24.3 Å². The van der Waals surface area contributed by atoms with Gasteiger partial charge in [0.05, 0.1) is 11.1 Å². The van der Waals surface area contributed by atoms with Gasteiger partial charge in [0.15, 0.2) is 46.5 Å². The van der Waals surface area contributed by atoms with Gasteiger partial charge in [-0.15, -0.1) is 0 Å². The molecule has 9 rings (SSSR count). The second-order valence-corrected chi connectivity index (χ2v) is 17.5. The molecule has 0 unspecified atom stereocenters. The number of fused-ring (bicyclic) bond motifs is 2. The molecule has 0 radical (unpaired) electrons. The maximum absolute atomic E-state index is 16.2. The summed E-state index contributed by atoms with van der Waals surface area (Å²) in [5, 5.41) is -2.30. The van der Waals surface area contributed by atoms with E-state index in [2.05, 4.69) is 0 Å². The lowest BCUT2D eigenvalue weighted by atomic mass is 9.77. The number of nitrogens with zero attached hydrogens (tertiary/aromatic N) is 2. The fraction of sp³-hybridized carbons (Fsp3) is 0.308. The minimum Gasteiger partial charge on any atom is -0.274 e. The molecule has 68 heavy (non-hydrogen) atoms. The van der Waals surface area contributed by atoms with Crippen molar-refractivity contribution in [2.24, 2.45) is 0 Å². The van der Waals surface area contributed by atoms with Crippen LogP contribution in [0.25, 0.3) is 65.3 Å². The second-order valence-electron chi connectivity index (χ2n) is 17.5. The first-order chi connectivity index (χ1) is 32.6. The lowest BCUT2D eigenvalue weighted by Gasteiger charge is -2.32. The van der Waals surface area contributed by atoms with Gasteiger partial charge in [-0.1, -0.05) is 90.2 Å². The SMILES string of the molecule is CCCCCCCCN1C(=O)c2ccc3c4c(-c5c(F)c(F)c(F)c(F)c5F)cc5c6c(ccc(c7c(-c8c(F)c(F)c(F)c(F)c8F)cc(c2c37)C1=O)c64)C(=O)N(CCCCCCCC)C5=O. The normalized spacial score (nSPS) is 13.9. The van der Waals surface area contributed by atoms with Crippen molar-refractivity contribution >= 4 is 66.7 Å². The maximum Gasteiger partial charge on any atom is 0.261 e. The van der Waals surface area contributed by atoms with Gasteiger partial charge in [-0.2, -0.15) is 0 Å². The Morgan fingerprint density at radius 3 is 0.956 bits per heavy atom. The van der Waals surface area contributed by atoms with Crippen molar-refractivity contribution in [2.45, 2.75) is 90.9 Å². The predicted octanol–water partition coefficient (Wildman–Crippen LogP) is 14.4. The molecule has 7 aromatic rings. The van der Waals surface area contributed by atoms with Crippen LogP contribution in [-0.2, 0) is 0 Å². The van der Waals surface area contributed by atoms with Crippen LogP contribution in [0.1, 0.15) is 132 Å². The van der Waals surface area contributed by atoms with Crippen LogP contribution in [-0.4, -0.2) is 46.5 Å². The highest BCUT2D eigenvalue weighted by molar-refractivity contribution is 6.44. The van der Waals surface area contributed by atoms with Crippen LogP contribution in [0.2, 0.25) is 0 Å². The third kappa shape index (κ3) is 6.90. The zero-order chi connectivity index (χ0) is 48.6. The van der Waals surface area contributed by atoms with Crippen LogP contribution in [0.4, 0.5) is 43.9 Å². The molecule has 0 bridgehead atoms.